The minimum atomic E-state index is -0.776. The van der Waals surface area contributed by atoms with Gasteiger partial charge in [-0.25, -0.2) is 0 Å². The van der Waals surface area contributed by atoms with E-state index in [0.29, 0.717) is 13.0 Å². The number of likely N-dealkylation sites (N-methyl/N-ethyl adjacent to an activating group) is 1. The van der Waals surface area contributed by atoms with Crippen molar-refractivity contribution < 1.29 is 14.4 Å². The number of hydrogen-bond acceptors (Lipinski definition) is 3. The van der Waals surface area contributed by atoms with Gasteiger partial charge in [-0.15, -0.1) is 0 Å². The van der Waals surface area contributed by atoms with Gasteiger partial charge in [0.15, 0.2) is 0 Å². The summed E-state index contributed by atoms with van der Waals surface area (Å²) in [6, 6.07) is 8.80. The van der Waals surface area contributed by atoms with Crippen molar-refractivity contribution in [2.75, 3.05) is 6.54 Å². The molecule has 0 unspecified atom stereocenters. The Morgan fingerprint density at radius 3 is 2.15 bits per heavy atom. The number of carbonyl (C=O) groups excluding carboxylic acids is 3. The number of benzene rings is 1. The second-order valence-electron chi connectivity index (χ2n) is 7.49. The van der Waals surface area contributed by atoms with Gasteiger partial charge >= 0.3 is 0 Å². The van der Waals surface area contributed by atoms with Gasteiger partial charge in [0.2, 0.25) is 17.7 Å². The first kappa shape index (κ1) is 17.0. The Labute approximate surface area is 153 Å². The summed E-state index contributed by atoms with van der Waals surface area (Å²) in [4.78, 5) is 40.4. The Balaban J connectivity index is 1.66. The Kier molecular flexibility index (Phi) is 4.39. The number of nitrogens with one attached hydrogen (secondary N) is 1. The number of imide groups is 1. The maximum Gasteiger partial charge on any atom is 0.243 e. The predicted molar refractivity (Wildman–Crippen MR) is 96.8 cm³/mol. The highest BCUT2D eigenvalue weighted by Gasteiger charge is 2.58. The van der Waals surface area contributed by atoms with Crippen LogP contribution >= 0.6 is 0 Å². The van der Waals surface area contributed by atoms with Crippen LogP contribution in [0.2, 0.25) is 0 Å². The smallest absolute Gasteiger partial charge is 0.243 e. The van der Waals surface area contributed by atoms with E-state index in [2.05, 4.69) is 17.5 Å². The van der Waals surface area contributed by atoms with E-state index in [-0.39, 0.29) is 41.4 Å². The van der Waals surface area contributed by atoms with Crippen molar-refractivity contribution in [3.63, 3.8) is 0 Å². The van der Waals surface area contributed by atoms with E-state index in [1.165, 1.54) is 4.90 Å². The summed E-state index contributed by atoms with van der Waals surface area (Å²) in [5.41, 5.74) is 0.945. The maximum atomic E-state index is 13.2. The Morgan fingerprint density at radius 2 is 1.65 bits per heavy atom. The second-order valence-corrected chi connectivity index (χ2v) is 7.49. The number of nitrogens with zero attached hydrogens (tertiary/aromatic N) is 1. The summed E-state index contributed by atoms with van der Waals surface area (Å²) in [6.45, 7) is 2.31. The number of fused-ring (bicyclic) bond motifs is 1. The first-order valence-corrected chi connectivity index (χ1v) is 9.48. The molecule has 1 aromatic rings. The molecule has 5 atom stereocenters. The van der Waals surface area contributed by atoms with E-state index in [1.54, 1.807) is 0 Å². The second kappa shape index (κ2) is 6.71. The van der Waals surface area contributed by atoms with Gasteiger partial charge in [0.25, 0.3) is 0 Å². The minimum absolute atomic E-state index is 0.137. The Bertz CT molecular complexity index is 726. The largest absolute Gasteiger partial charge is 0.355 e. The van der Waals surface area contributed by atoms with Gasteiger partial charge in [0.05, 0.1) is 11.8 Å². The zero-order valence-electron chi connectivity index (χ0n) is 14.9. The van der Waals surface area contributed by atoms with Crippen LogP contribution in [0, 0.1) is 23.7 Å². The molecule has 3 aliphatic carbocycles. The van der Waals surface area contributed by atoms with E-state index in [4.69, 9.17) is 0 Å². The van der Waals surface area contributed by atoms with Crippen LogP contribution in [0.25, 0.3) is 0 Å². The lowest BCUT2D eigenvalue weighted by atomic mass is 9.63. The lowest BCUT2D eigenvalue weighted by Gasteiger charge is -2.38. The quantitative estimate of drug-likeness (QED) is 0.650. The molecule has 1 saturated heterocycles. The lowest BCUT2D eigenvalue weighted by molar-refractivity contribution is -0.148. The van der Waals surface area contributed by atoms with Gasteiger partial charge in [-0.2, -0.15) is 0 Å². The van der Waals surface area contributed by atoms with Crippen LogP contribution in [0.5, 0.6) is 0 Å². The van der Waals surface area contributed by atoms with Crippen LogP contribution in [-0.4, -0.2) is 35.2 Å². The molecule has 2 fully saturated rings. The van der Waals surface area contributed by atoms with E-state index in [0.717, 1.165) is 18.4 Å². The maximum absolute atomic E-state index is 13.2. The fourth-order valence-corrected chi connectivity index (χ4v) is 4.84. The molecule has 5 rings (SSSR count). The lowest BCUT2D eigenvalue weighted by Crippen LogP contribution is -2.51. The van der Waals surface area contributed by atoms with Gasteiger partial charge in [0.1, 0.15) is 6.04 Å². The predicted octanol–water partition coefficient (Wildman–Crippen LogP) is 1.93. The van der Waals surface area contributed by atoms with Crippen molar-refractivity contribution in [1.82, 2.24) is 10.2 Å². The molecule has 1 aliphatic heterocycles. The monoisotopic (exact) mass is 352 g/mol. The topological polar surface area (TPSA) is 66.5 Å². The van der Waals surface area contributed by atoms with Gasteiger partial charge in [0, 0.05) is 13.0 Å². The Morgan fingerprint density at radius 1 is 1.08 bits per heavy atom. The van der Waals surface area contributed by atoms with E-state index >= 15 is 0 Å². The van der Waals surface area contributed by atoms with Crippen molar-refractivity contribution in [3.8, 4) is 0 Å². The average Bonchev–Trinajstić information content (AvgIpc) is 2.95. The first-order valence-electron chi connectivity index (χ1n) is 9.48. The Hall–Kier alpha value is -2.43. The molecule has 136 valence electrons. The molecule has 4 aliphatic rings. The van der Waals surface area contributed by atoms with Crippen LogP contribution in [-0.2, 0) is 20.8 Å². The highest BCUT2D eigenvalue weighted by Crippen LogP contribution is 2.50. The zero-order chi connectivity index (χ0) is 18.3. The first-order chi connectivity index (χ1) is 12.6. The van der Waals surface area contributed by atoms with E-state index in [1.807, 2.05) is 37.3 Å². The molecule has 1 aromatic carbocycles. The number of allylic oxidation sites excluding steroid dienone is 2. The van der Waals surface area contributed by atoms with Gasteiger partial charge in [-0.05, 0) is 37.2 Å². The highest BCUT2D eigenvalue weighted by molar-refractivity contribution is 6.09. The third-order valence-corrected chi connectivity index (χ3v) is 6.03. The van der Waals surface area contributed by atoms with Crippen molar-refractivity contribution in [2.24, 2.45) is 23.7 Å². The van der Waals surface area contributed by atoms with Crippen molar-refractivity contribution in [1.29, 1.82) is 0 Å². The fraction of sp³-hybridized carbons (Fsp3) is 0.476. The van der Waals surface area contributed by atoms with Gasteiger partial charge in [-0.1, -0.05) is 42.5 Å². The summed E-state index contributed by atoms with van der Waals surface area (Å²) in [7, 11) is 0. The summed E-state index contributed by atoms with van der Waals surface area (Å²) in [6.07, 6.45) is 6.47. The summed E-state index contributed by atoms with van der Waals surface area (Å²) < 4.78 is 0. The van der Waals surface area contributed by atoms with Crippen LogP contribution in [0.1, 0.15) is 25.3 Å². The minimum Gasteiger partial charge on any atom is -0.355 e. The van der Waals surface area contributed by atoms with Crippen LogP contribution in [0.15, 0.2) is 42.5 Å². The molecule has 0 radical (unpaired) electrons. The molecule has 2 bridgehead atoms. The molecular formula is C21H24N2O3. The average molecular weight is 352 g/mol. The SMILES string of the molecule is CCNC(=O)[C@H](Cc1ccccc1)N1C(=O)[C@@H]2[C@H](C1=O)[C@H]1C=C[C@H]2CC1. The van der Waals surface area contributed by atoms with Crippen molar-refractivity contribution in [3.05, 3.63) is 48.0 Å². The number of amides is 3. The number of carbonyl (C=O) groups is 3. The highest BCUT2D eigenvalue weighted by atomic mass is 16.2. The zero-order valence-corrected chi connectivity index (χ0v) is 14.9. The molecule has 0 spiro atoms. The van der Waals surface area contributed by atoms with Crippen LogP contribution < -0.4 is 5.32 Å². The standard InChI is InChI=1S/C21H24N2O3/c1-2-22-19(24)16(12-13-6-4-3-5-7-13)23-20(25)17-14-8-9-15(11-10-14)18(17)21(23)26/h3-9,14-18H,2,10-12H2,1H3,(H,22,24)/t14-,15-,16-,17-,18+/m0/s1. The molecular weight excluding hydrogens is 328 g/mol. The van der Waals surface area contributed by atoms with E-state index in [9.17, 15) is 14.4 Å². The normalized spacial score (nSPS) is 30.4. The molecule has 1 heterocycles. The number of hydrogen-bond donors (Lipinski definition) is 1. The molecule has 3 amide bonds. The summed E-state index contributed by atoms with van der Waals surface area (Å²) >= 11 is 0. The van der Waals surface area contributed by atoms with Crippen LogP contribution in [0.4, 0.5) is 0 Å². The van der Waals surface area contributed by atoms with Crippen LogP contribution in [0.3, 0.4) is 0 Å². The molecule has 1 N–H and O–H groups in total. The number of likely N-dealkylation sites (tertiary alicyclic amines) is 1. The molecule has 5 heteroatoms. The summed E-state index contributed by atoms with van der Waals surface area (Å²) in [5.74, 6) is -0.858. The molecule has 1 saturated carbocycles. The van der Waals surface area contributed by atoms with Crippen molar-refractivity contribution in [2.45, 2.75) is 32.2 Å². The van der Waals surface area contributed by atoms with Gasteiger partial charge in [-0.3, -0.25) is 19.3 Å². The molecule has 26 heavy (non-hydrogen) atoms. The van der Waals surface area contributed by atoms with Crippen molar-refractivity contribution >= 4 is 17.7 Å². The third-order valence-electron chi connectivity index (χ3n) is 6.03. The number of rotatable bonds is 5. The summed E-state index contributed by atoms with van der Waals surface area (Å²) in [5, 5.41) is 2.80. The van der Waals surface area contributed by atoms with Gasteiger partial charge < -0.3 is 5.32 Å². The third kappa shape index (κ3) is 2.66. The molecule has 0 aromatic heterocycles. The fourth-order valence-electron chi connectivity index (χ4n) is 4.84. The molecule has 5 nitrogen and oxygen atoms in total. The van der Waals surface area contributed by atoms with E-state index < -0.39 is 6.04 Å².